The van der Waals surface area contributed by atoms with E-state index >= 15 is 0 Å². The summed E-state index contributed by atoms with van der Waals surface area (Å²) in [6.45, 7) is 4.61. The molecule has 20 heavy (non-hydrogen) atoms. The lowest BCUT2D eigenvalue weighted by Gasteiger charge is -2.34. The predicted octanol–water partition coefficient (Wildman–Crippen LogP) is 3.02. The molecule has 5 heteroatoms. The van der Waals surface area contributed by atoms with Gasteiger partial charge in [-0.05, 0) is 37.5 Å². The highest BCUT2D eigenvalue weighted by Gasteiger charge is 2.26. The quantitative estimate of drug-likeness (QED) is 0.907. The van der Waals surface area contributed by atoms with E-state index in [4.69, 9.17) is 25.8 Å². The molecule has 1 fully saturated rings. The van der Waals surface area contributed by atoms with Gasteiger partial charge in [0.15, 0.2) is 11.5 Å². The number of nitrogens with one attached hydrogen (secondary N) is 1. The molecular formula is C15H22ClNO3. The van der Waals surface area contributed by atoms with Crippen molar-refractivity contribution in [2.24, 2.45) is 0 Å². The molecule has 1 N–H and O–H groups in total. The van der Waals surface area contributed by atoms with Crippen molar-refractivity contribution in [2.45, 2.75) is 31.8 Å². The number of methoxy groups -OCH3 is 2. The number of benzene rings is 1. The van der Waals surface area contributed by atoms with Gasteiger partial charge in [-0.3, -0.25) is 0 Å². The van der Waals surface area contributed by atoms with Gasteiger partial charge < -0.3 is 19.5 Å². The van der Waals surface area contributed by atoms with Gasteiger partial charge in [-0.15, -0.1) is 0 Å². The lowest BCUT2D eigenvalue weighted by atomic mass is 9.92. The Morgan fingerprint density at radius 1 is 1.25 bits per heavy atom. The fraction of sp³-hybridized carbons (Fsp3) is 0.600. The molecule has 1 saturated heterocycles. The highest BCUT2D eigenvalue weighted by Crippen LogP contribution is 2.36. The van der Waals surface area contributed by atoms with Crippen LogP contribution in [-0.2, 0) is 11.3 Å². The van der Waals surface area contributed by atoms with Crippen LogP contribution in [0.3, 0.4) is 0 Å². The first-order valence-electron chi connectivity index (χ1n) is 6.81. The van der Waals surface area contributed by atoms with Gasteiger partial charge in [0.1, 0.15) is 0 Å². The van der Waals surface area contributed by atoms with Crippen LogP contribution in [-0.4, -0.2) is 33.0 Å². The highest BCUT2D eigenvalue weighted by molar-refractivity contribution is 6.32. The molecule has 1 aliphatic heterocycles. The molecule has 1 aromatic carbocycles. The minimum atomic E-state index is 0.123. The van der Waals surface area contributed by atoms with Gasteiger partial charge in [-0.1, -0.05) is 11.6 Å². The molecule has 0 radical (unpaired) electrons. The Balaban J connectivity index is 2.07. The van der Waals surface area contributed by atoms with Crippen LogP contribution in [0.5, 0.6) is 11.5 Å². The van der Waals surface area contributed by atoms with Crippen molar-refractivity contribution in [3.63, 3.8) is 0 Å². The van der Waals surface area contributed by atoms with Crippen LogP contribution in [0.15, 0.2) is 12.1 Å². The molecule has 0 bridgehead atoms. The molecule has 0 aromatic heterocycles. The first-order valence-corrected chi connectivity index (χ1v) is 7.19. The fourth-order valence-electron chi connectivity index (χ4n) is 2.39. The lowest BCUT2D eigenvalue weighted by molar-refractivity contribution is 0.0446. The Hall–Kier alpha value is -0.970. The average Bonchev–Trinajstić information content (AvgIpc) is 2.45. The summed E-state index contributed by atoms with van der Waals surface area (Å²) in [5, 5.41) is 4.17. The first kappa shape index (κ1) is 15.4. The van der Waals surface area contributed by atoms with Crippen molar-refractivity contribution in [3.05, 3.63) is 22.7 Å². The Morgan fingerprint density at radius 3 is 2.55 bits per heavy atom. The number of rotatable bonds is 5. The maximum absolute atomic E-state index is 6.22. The summed E-state index contributed by atoms with van der Waals surface area (Å²) in [6.07, 6.45) is 2.04. The molecule has 0 spiro atoms. The average molecular weight is 300 g/mol. The van der Waals surface area contributed by atoms with E-state index < -0.39 is 0 Å². The highest BCUT2D eigenvalue weighted by atomic mass is 35.5. The Morgan fingerprint density at radius 2 is 1.95 bits per heavy atom. The molecule has 2 rings (SSSR count). The predicted molar refractivity (Wildman–Crippen MR) is 79.9 cm³/mol. The summed E-state index contributed by atoms with van der Waals surface area (Å²) in [7, 11) is 3.20. The molecule has 0 amide bonds. The lowest BCUT2D eigenvalue weighted by Crippen LogP contribution is -2.46. The minimum absolute atomic E-state index is 0.123. The van der Waals surface area contributed by atoms with E-state index in [9.17, 15) is 0 Å². The van der Waals surface area contributed by atoms with E-state index in [1.807, 2.05) is 12.1 Å². The molecule has 1 heterocycles. The van der Waals surface area contributed by atoms with Crippen LogP contribution in [0.1, 0.15) is 25.3 Å². The van der Waals surface area contributed by atoms with Crippen LogP contribution in [0.4, 0.5) is 0 Å². The number of ether oxygens (including phenoxy) is 3. The van der Waals surface area contributed by atoms with Crippen LogP contribution in [0.25, 0.3) is 0 Å². The second-order valence-corrected chi connectivity index (χ2v) is 5.75. The molecule has 0 saturated carbocycles. The van der Waals surface area contributed by atoms with Gasteiger partial charge in [-0.2, -0.15) is 0 Å². The Kier molecular flexibility index (Phi) is 5.13. The molecule has 1 aromatic rings. The molecule has 1 aliphatic rings. The largest absolute Gasteiger partial charge is 0.493 e. The van der Waals surface area contributed by atoms with Gasteiger partial charge in [-0.25, -0.2) is 0 Å². The molecule has 0 atom stereocenters. The second-order valence-electron chi connectivity index (χ2n) is 5.34. The van der Waals surface area contributed by atoms with Crippen molar-refractivity contribution in [1.29, 1.82) is 0 Å². The molecular weight excluding hydrogens is 278 g/mol. The van der Waals surface area contributed by atoms with E-state index in [2.05, 4.69) is 12.2 Å². The summed E-state index contributed by atoms with van der Waals surface area (Å²) in [5.74, 6) is 1.24. The third-order valence-electron chi connectivity index (χ3n) is 3.81. The smallest absolute Gasteiger partial charge is 0.179 e. The van der Waals surface area contributed by atoms with Gasteiger partial charge in [0.25, 0.3) is 0 Å². The van der Waals surface area contributed by atoms with Gasteiger partial charge >= 0.3 is 0 Å². The minimum Gasteiger partial charge on any atom is -0.493 e. The van der Waals surface area contributed by atoms with Crippen molar-refractivity contribution in [2.75, 3.05) is 27.4 Å². The Labute approximate surface area is 125 Å². The van der Waals surface area contributed by atoms with E-state index in [-0.39, 0.29) is 5.54 Å². The van der Waals surface area contributed by atoms with Crippen LogP contribution >= 0.6 is 11.6 Å². The summed E-state index contributed by atoms with van der Waals surface area (Å²) >= 11 is 6.22. The number of hydrogen-bond acceptors (Lipinski definition) is 4. The number of halogens is 1. The third kappa shape index (κ3) is 3.57. The zero-order chi connectivity index (χ0) is 14.6. The second kappa shape index (κ2) is 6.66. The van der Waals surface area contributed by atoms with E-state index in [1.54, 1.807) is 14.2 Å². The summed E-state index contributed by atoms with van der Waals surface area (Å²) in [6, 6.07) is 3.87. The van der Waals surface area contributed by atoms with E-state index in [1.165, 1.54) is 0 Å². The molecule has 4 nitrogen and oxygen atoms in total. The van der Waals surface area contributed by atoms with Crippen molar-refractivity contribution >= 4 is 11.6 Å². The zero-order valence-corrected chi connectivity index (χ0v) is 13.0. The monoisotopic (exact) mass is 299 g/mol. The zero-order valence-electron chi connectivity index (χ0n) is 12.3. The van der Waals surface area contributed by atoms with Crippen molar-refractivity contribution in [1.82, 2.24) is 5.32 Å². The van der Waals surface area contributed by atoms with Crippen molar-refractivity contribution < 1.29 is 14.2 Å². The SMILES string of the molecule is COc1cc(CNC2(C)CCOCC2)cc(Cl)c1OC. The molecule has 0 aliphatic carbocycles. The fourth-order valence-corrected chi connectivity index (χ4v) is 2.70. The van der Waals surface area contributed by atoms with Gasteiger partial charge in [0.05, 0.1) is 19.2 Å². The van der Waals surface area contributed by atoms with Gasteiger partial charge in [0, 0.05) is 25.3 Å². The molecule has 0 unspecified atom stereocenters. The van der Waals surface area contributed by atoms with Crippen molar-refractivity contribution in [3.8, 4) is 11.5 Å². The third-order valence-corrected chi connectivity index (χ3v) is 4.09. The van der Waals surface area contributed by atoms with Crippen LogP contribution in [0.2, 0.25) is 5.02 Å². The van der Waals surface area contributed by atoms with E-state index in [0.29, 0.717) is 16.5 Å². The molecule has 112 valence electrons. The van der Waals surface area contributed by atoms with Crippen LogP contribution < -0.4 is 14.8 Å². The normalized spacial score (nSPS) is 17.8. The first-order chi connectivity index (χ1) is 9.58. The summed E-state index contributed by atoms with van der Waals surface area (Å²) < 4.78 is 16.0. The standard InChI is InChI=1S/C15H22ClNO3/c1-15(4-6-20-7-5-15)17-10-11-8-12(16)14(19-3)13(9-11)18-2/h8-9,17H,4-7,10H2,1-3H3. The summed E-state index contributed by atoms with van der Waals surface area (Å²) in [5.41, 5.74) is 1.21. The Bertz CT molecular complexity index is 459. The topological polar surface area (TPSA) is 39.7 Å². The van der Waals surface area contributed by atoms with Gasteiger partial charge in [0.2, 0.25) is 0 Å². The number of hydrogen-bond donors (Lipinski definition) is 1. The maximum atomic E-state index is 6.22. The summed E-state index contributed by atoms with van der Waals surface area (Å²) in [4.78, 5) is 0. The van der Waals surface area contributed by atoms with E-state index in [0.717, 1.165) is 38.2 Å². The maximum Gasteiger partial charge on any atom is 0.179 e. The van der Waals surface area contributed by atoms with Crippen LogP contribution in [0, 0.1) is 0 Å².